The van der Waals surface area contributed by atoms with Crippen molar-refractivity contribution in [3.63, 3.8) is 0 Å². The molecule has 0 fully saturated rings. The monoisotopic (exact) mass is 266 g/mol. The quantitative estimate of drug-likeness (QED) is 0.788. The summed E-state index contributed by atoms with van der Waals surface area (Å²) in [4.78, 5) is 0. The number of hydrogen-bond acceptors (Lipinski definition) is 3. The summed E-state index contributed by atoms with van der Waals surface area (Å²) in [7, 11) is 0. The smallest absolute Gasteiger partial charge is 0.278 e. The van der Waals surface area contributed by atoms with Crippen LogP contribution in [0.3, 0.4) is 0 Å². The van der Waals surface area contributed by atoms with Gasteiger partial charge in [0.2, 0.25) is 5.89 Å². The SMILES string of the molecule is CC(C)CCc1nnc(I)o1. The lowest BCUT2D eigenvalue weighted by Gasteiger charge is -1.98. The number of rotatable bonds is 3. The van der Waals surface area contributed by atoms with E-state index < -0.39 is 0 Å². The molecule has 0 unspecified atom stereocenters. The third-order valence-electron chi connectivity index (χ3n) is 1.38. The molecule has 0 aromatic carbocycles. The van der Waals surface area contributed by atoms with E-state index in [1.165, 1.54) is 0 Å². The highest BCUT2D eigenvalue weighted by Gasteiger charge is 2.03. The highest BCUT2D eigenvalue weighted by atomic mass is 127. The Labute approximate surface area is 79.7 Å². The highest BCUT2D eigenvalue weighted by Crippen LogP contribution is 2.08. The van der Waals surface area contributed by atoms with Crippen LogP contribution in [0.25, 0.3) is 0 Å². The maximum absolute atomic E-state index is 5.20. The number of aromatic nitrogens is 2. The number of aryl methyl sites for hydroxylation is 1. The Bertz CT molecular complexity index is 222. The minimum Gasteiger partial charge on any atom is -0.416 e. The Kier molecular flexibility index (Phi) is 3.29. The first-order valence-electron chi connectivity index (χ1n) is 3.66. The van der Waals surface area contributed by atoms with Crippen LogP contribution < -0.4 is 0 Å². The van der Waals surface area contributed by atoms with Crippen molar-refractivity contribution in [1.29, 1.82) is 0 Å². The van der Waals surface area contributed by atoms with Crippen LogP contribution in [0.4, 0.5) is 0 Å². The fourth-order valence-corrected chi connectivity index (χ4v) is 1.11. The molecular formula is C7H11IN2O. The summed E-state index contributed by atoms with van der Waals surface area (Å²) in [5.74, 6) is 1.45. The fraction of sp³-hybridized carbons (Fsp3) is 0.714. The van der Waals surface area contributed by atoms with Gasteiger partial charge in [-0.2, -0.15) is 0 Å². The van der Waals surface area contributed by atoms with Gasteiger partial charge in [0.05, 0.1) is 0 Å². The molecule has 0 atom stereocenters. The predicted octanol–water partition coefficient (Wildman–Crippen LogP) is 2.26. The van der Waals surface area contributed by atoms with Crippen molar-refractivity contribution < 1.29 is 4.42 Å². The van der Waals surface area contributed by atoms with Crippen molar-refractivity contribution in [1.82, 2.24) is 10.2 Å². The van der Waals surface area contributed by atoms with Gasteiger partial charge >= 0.3 is 0 Å². The molecule has 0 N–H and O–H groups in total. The second-order valence-electron chi connectivity index (χ2n) is 2.88. The van der Waals surface area contributed by atoms with Gasteiger partial charge in [0.15, 0.2) is 0 Å². The summed E-state index contributed by atoms with van der Waals surface area (Å²) >= 11 is 2.02. The van der Waals surface area contributed by atoms with E-state index in [0.29, 0.717) is 9.82 Å². The second kappa shape index (κ2) is 4.04. The summed E-state index contributed by atoms with van der Waals surface area (Å²) in [5, 5.41) is 7.63. The Hall–Kier alpha value is -0.130. The summed E-state index contributed by atoms with van der Waals surface area (Å²) in [6.07, 6.45) is 2.01. The minimum absolute atomic E-state index is 0.626. The van der Waals surface area contributed by atoms with Crippen LogP contribution in [0, 0.1) is 9.82 Å². The Morgan fingerprint density at radius 1 is 1.45 bits per heavy atom. The minimum atomic E-state index is 0.626. The van der Waals surface area contributed by atoms with E-state index in [1.54, 1.807) is 0 Å². The van der Waals surface area contributed by atoms with Gasteiger partial charge in [0, 0.05) is 29.0 Å². The van der Waals surface area contributed by atoms with E-state index in [0.717, 1.165) is 18.7 Å². The van der Waals surface area contributed by atoms with Crippen LogP contribution in [0.5, 0.6) is 0 Å². The third-order valence-corrected chi connectivity index (χ3v) is 1.81. The predicted molar refractivity (Wildman–Crippen MR) is 50.2 cm³/mol. The van der Waals surface area contributed by atoms with Crippen molar-refractivity contribution in [3.8, 4) is 0 Å². The topological polar surface area (TPSA) is 38.9 Å². The first-order chi connectivity index (χ1) is 5.18. The molecule has 0 aliphatic heterocycles. The zero-order chi connectivity index (χ0) is 8.27. The molecule has 0 saturated carbocycles. The van der Waals surface area contributed by atoms with Crippen LogP contribution in [0.1, 0.15) is 26.2 Å². The van der Waals surface area contributed by atoms with Gasteiger partial charge in [-0.05, 0) is 12.3 Å². The lowest BCUT2D eigenvalue weighted by Crippen LogP contribution is -1.91. The Morgan fingerprint density at radius 3 is 2.64 bits per heavy atom. The molecule has 4 heteroatoms. The van der Waals surface area contributed by atoms with Crippen molar-refractivity contribution in [2.75, 3.05) is 0 Å². The molecule has 0 amide bonds. The Balaban J connectivity index is 2.39. The third kappa shape index (κ3) is 3.18. The van der Waals surface area contributed by atoms with Crippen LogP contribution >= 0.6 is 22.6 Å². The summed E-state index contributed by atoms with van der Waals surface area (Å²) in [6.45, 7) is 4.36. The first kappa shape index (κ1) is 8.96. The van der Waals surface area contributed by atoms with Crippen molar-refractivity contribution >= 4 is 22.6 Å². The van der Waals surface area contributed by atoms with Gasteiger partial charge in [0.1, 0.15) is 0 Å². The fourth-order valence-electron chi connectivity index (χ4n) is 0.746. The maximum atomic E-state index is 5.20. The average molecular weight is 266 g/mol. The maximum Gasteiger partial charge on any atom is 0.278 e. The second-order valence-corrected chi connectivity index (χ2v) is 3.80. The molecule has 1 aromatic heterocycles. The molecule has 62 valence electrons. The van der Waals surface area contributed by atoms with E-state index in [9.17, 15) is 0 Å². The van der Waals surface area contributed by atoms with Crippen LogP contribution in [-0.4, -0.2) is 10.2 Å². The summed E-state index contributed by atoms with van der Waals surface area (Å²) < 4.78 is 5.82. The molecule has 0 radical (unpaired) electrons. The van der Waals surface area contributed by atoms with Gasteiger partial charge in [-0.1, -0.05) is 13.8 Å². The van der Waals surface area contributed by atoms with Crippen molar-refractivity contribution in [2.24, 2.45) is 5.92 Å². The van der Waals surface area contributed by atoms with Gasteiger partial charge in [-0.3, -0.25) is 0 Å². The summed E-state index contributed by atoms with van der Waals surface area (Å²) in [5.41, 5.74) is 0. The largest absolute Gasteiger partial charge is 0.416 e. The zero-order valence-electron chi connectivity index (χ0n) is 6.67. The molecule has 0 spiro atoms. The highest BCUT2D eigenvalue weighted by molar-refractivity contribution is 14.1. The summed E-state index contributed by atoms with van der Waals surface area (Å²) in [6, 6.07) is 0. The van der Waals surface area contributed by atoms with Crippen LogP contribution in [0.2, 0.25) is 0 Å². The lowest BCUT2D eigenvalue weighted by molar-refractivity contribution is 0.444. The standard InChI is InChI=1S/C7H11IN2O/c1-5(2)3-4-6-9-10-7(8)11-6/h5H,3-4H2,1-2H3. The number of halogens is 1. The molecule has 0 aliphatic rings. The Morgan fingerprint density at radius 2 is 2.18 bits per heavy atom. The molecule has 0 bridgehead atoms. The molecule has 1 aromatic rings. The molecule has 11 heavy (non-hydrogen) atoms. The zero-order valence-corrected chi connectivity index (χ0v) is 8.83. The molecule has 3 nitrogen and oxygen atoms in total. The first-order valence-corrected chi connectivity index (χ1v) is 4.74. The van der Waals surface area contributed by atoms with E-state index in [4.69, 9.17) is 4.42 Å². The van der Waals surface area contributed by atoms with Crippen LogP contribution in [-0.2, 0) is 6.42 Å². The number of hydrogen-bond donors (Lipinski definition) is 0. The average Bonchev–Trinajstić information content (AvgIpc) is 2.31. The van der Waals surface area contributed by atoms with Gasteiger partial charge in [-0.15, -0.1) is 10.2 Å². The van der Waals surface area contributed by atoms with E-state index in [1.807, 2.05) is 22.6 Å². The lowest BCUT2D eigenvalue weighted by atomic mass is 10.1. The van der Waals surface area contributed by atoms with E-state index in [2.05, 4.69) is 24.0 Å². The van der Waals surface area contributed by atoms with Gasteiger partial charge in [-0.25, -0.2) is 0 Å². The molecule has 0 saturated heterocycles. The molecule has 1 heterocycles. The van der Waals surface area contributed by atoms with Gasteiger partial charge < -0.3 is 4.42 Å². The van der Waals surface area contributed by atoms with Gasteiger partial charge in [0.25, 0.3) is 3.90 Å². The van der Waals surface area contributed by atoms with Crippen molar-refractivity contribution in [3.05, 3.63) is 9.79 Å². The molecule has 0 aliphatic carbocycles. The van der Waals surface area contributed by atoms with Crippen LogP contribution in [0.15, 0.2) is 4.42 Å². The van der Waals surface area contributed by atoms with E-state index >= 15 is 0 Å². The number of nitrogens with zero attached hydrogens (tertiary/aromatic N) is 2. The normalized spacial score (nSPS) is 10.9. The van der Waals surface area contributed by atoms with E-state index in [-0.39, 0.29) is 0 Å². The molecule has 1 rings (SSSR count). The molecular weight excluding hydrogens is 255 g/mol. The van der Waals surface area contributed by atoms with Crippen molar-refractivity contribution in [2.45, 2.75) is 26.7 Å².